The molecule has 0 aliphatic rings. The van der Waals surface area contributed by atoms with E-state index in [1.54, 1.807) is 0 Å². The summed E-state index contributed by atoms with van der Waals surface area (Å²) in [6.45, 7) is 5.06. The predicted molar refractivity (Wildman–Crippen MR) is 160 cm³/mol. The van der Waals surface area contributed by atoms with Crippen LogP contribution in [0.25, 0.3) is 23.1 Å². The Morgan fingerprint density at radius 3 is 2.50 bits per heavy atom. The van der Waals surface area contributed by atoms with Crippen LogP contribution in [0, 0.1) is 0 Å². The summed E-state index contributed by atoms with van der Waals surface area (Å²) in [7, 11) is -3.73. The van der Waals surface area contributed by atoms with Gasteiger partial charge in [0.05, 0.1) is 17.5 Å². The van der Waals surface area contributed by atoms with Gasteiger partial charge in [-0.1, -0.05) is 72.3 Å². The molecule has 0 aliphatic carbocycles. The number of rotatable bonds is 10. The van der Waals surface area contributed by atoms with Crippen molar-refractivity contribution in [3.63, 3.8) is 0 Å². The number of ether oxygens (including phenoxy) is 1. The molecule has 0 unspecified atom stereocenters. The fraction of sp³-hybridized carbons (Fsp3) is 0.250. The highest BCUT2D eigenvalue weighted by Gasteiger charge is 2.27. The first-order chi connectivity index (χ1) is 18.9. The van der Waals surface area contributed by atoms with Crippen molar-refractivity contribution in [3.8, 4) is 0 Å². The van der Waals surface area contributed by atoms with Crippen LogP contribution < -0.4 is 0 Å². The number of aryl methyl sites for hydroxylation is 1. The summed E-state index contributed by atoms with van der Waals surface area (Å²) in [5.41, 5.74) is 4.19. The normalized spacial score (nSPS) is 13.0. The molecule has 0 radical (unpaired) electrons. The first kappa shape index (κ1) is 29.5. The van der Waals surface area contributed by atoms with Crippen LogP contribution in [0.5, 0.6) is 0 Å². The highest BCUT2D eigenvalue weighted by molar-refractivity contribution is 7.86. The van der Waals surface area contributed by atoms with Crippen molar-refractivity contribution in [2.24, 2.45) is 0 Å². The molecule has 0 N–H and O–H groups in total. The van der Waals surface area contributed by atoms with Crippen molar-refractivity contribution in [2.45, 2.75) is 45.3 Å². The number of fused-ring (bicyclic) bond motifs is 1. The number of halogens is 1. The minimum atomic E-state index is -3.73. The van der Waals surface area contributed by atoms with Crippen LogP contribution in [-0.2, 0) is 35.9 Å². The van der Waals surface area contributed by atoms with Gasteiger partial charge in [0.2, 0.25) is 0 Å². The molecule has 4 aromatic rings. The van der Waals surface area contributed by atoms with Gasteiger partial charge < -0.3 is 4.74 Å². The van der Waals surface area contributed by atoms with Gasteiger partial charge in [0.1, 0.15) is 11.7 Å². The fourth-order valence-electron chi connectivity index (χ4n) is 4.75. The van der Waals surface area contributed by atoms with Gasteiger partial charge in [0.15, 0.2) is 0 Å². The van der Waals surface area contributed by atoms with Gasteiger partial charge in [-0.05, 0) is 79.3 Å². The molecule has 0 amide bonds. The lowest BCUT2D eigenvalue weighted by atomic mass is 9.89. The minimum absolute atomic E-state index is 0.370. The number of esters is 1. The van der Waals surface area contributed by atoms with Crippen LogP contribution in [0.2, 0.25) is 5.02 Å². The summed E-state index contributed by atoms with van der Waals surface area (Å²) < 4.78 is 35.5. The van der Waals surface area contributed by atoms with Crippen LogP contribution >= 0.6 is 11.6 Å². The Bertz CT molecular complexity index is 1660. The predicted octanol–water partition coefficient (Wildman–Crippen LogP) is 7.51. The Labute approximate surface area is 240 Å². The molecule has 4 rings (SSSR count). The molecule has 8 heteroatoms. The van der Waals surface area contributed by atoms with Crippen molar-refractivity contribution in [1.82, 2.24) is 4.98 Å². The highest BCUT2D eigenvalue weighted by atomic mass is 35.5. The molecule has 6 nitrogen and oxygen atoms in total. The summed E-state index contributed by atoms with van der Waals surface area (Å²) >= 11 is 6.12. The third-order valence-corrected chi connectivity index (χ3v) is 7.25. The Kier molecular flexibility index (Phi) is 9.08. The standard InChI is InChI=1S/C32H32ClNO5S/c1-22(35)38-32(2,3)29-11-6-5-9-24(29)15-19-31(39-40(4,36)37)26-10-7-8-23(20-26)12-17-28-18-14-25-13-16-27(33)21-30(25)34-28/h5-14,16-18,20-21,31H,15,19H2,1-4H3/b17-12+/t31-/m0/s1. The number of benzene rings is 3. The van der Waals surface area contributed by atoms with Crippen LogP contribution in [0.3, 0.4) is 0 Å². The first-order valence-corrected chi connectivity index (χ1v) is 15.1. The lowest BCUT2D eigenvalue weighted by molar-refractivity contribution is -0.154. The van der Waals surface area contributed by atoms with E-state index in [9.17, 15) is 13.2 Å². The summed E-state index contributed by atoms with van der Waals surface area (Å²) in [6, 6.07) is 24.8. The zero-order valence-corrected chi connectivity index (χ0v) is 24.5. The lowest BCUT2D eigenvalue weighted by Crippen LogP contribution is -2.26. The van der Waals surface area contributed by atoms with Crippen molar-refractivity contribution >= 4 is 50.7 Å². The Morgan fingerprint density at radius 1 is 1.00 bits per heavy atom. The number of nitrogens with zero attached hydrogens (tertiary/aromatic N) is 1. The van der Waals surface area contributed by atoms with Crippen molar-refractivity contribution in [3.05, 3.63) is 112 Å². The van der Waals surface area contributed by atoms with E-state index in [0.29, 0.717) is 17.9 Å². The molecule has 0 saturated heterocycles. The molecule has 0 fully saturated rings. The summed E-state index contributed by atoms with van der Waals surface area (Å²) in [5.74, 6) is -0.370. The maximum Gasteiger partial charge on any atom is 0.303 e. The Balaban J connectivity index is 1.58. The summed E-state index contributed by atoms with van der Waals surface area (Å²) in [6.07, 6.45) is 5.11. The number of carbonyl (C=O) groups is 1. The number of hydrogen-bond donors (Lipinski definition) is 0. The monoisotopic (exact) mass is 577 g/mol. The van der Waals surface area contributed by atoms with Crippen LogP contribution in [-0.4, -0.2) is 25.6 Å². The average molecular weight is 578 g/mol. The number of aromatic nitrogens is 1. The average Bonchev–Trinajstić information content (AvgIpc) is 2.88. The molecule has 1 heterocycles. The van der Waals surface area contributed by atoms with Crippen LogP contribution in [0.4, 0.5) is 0 Å². The second kappa shape index (κ2) is 12.3. The van der Waals surface area contributed by atoms with E-state index in [1.165, 1.54) is 6.92 Å². The van der Waals surface area contributed by atoms with Crippen LogP contribution in [0.15, 0.2) is 78.9 Å². The molecule has 40 heavy (non-hydrogen) atoms. The van der Waals surface area contributed by atoms with E-state index in [0.717, 1.165) is 45.1 Å². The molecule has 0 aliphatic heterocycles. The molecule has 1 aromatic heterocycles. The molecule has 208 valence electrons. The third kappa shape index (κ3) is 8.01. The molecule has 0 bridgehead atoms. The number of pyridine rings is 1. The maximum atomic E-state index is 12.2. The minimum Gasteiger partial charge on any atom is -0.455 e. The van der Waals surface area contributed by atoms with Crippen molar-refractivity contribution in [1.29, 1.82) is 0 Å². The largest absolute Gasteiger partial charge is 0.455 e. The highest BCUT2D eigenvalue weighted by Crippen LogP contribution is 2.32. The van der Waals surface area contributed by atoms with Gasteiger partial charge >= 0.3 is 5.97 Å². The van der Waals surface area contributed by atoms with Crippen molar-refractivity contribution < 1.29 is 22.1 Å². The molecule has 1 atom stereocenters. The van der Waals surface area contributed by atoms with E-state index in [1.807, 2.05) is 105 Å². The maximum absolute atomic E-state index is 12.2. The number of hydrogen-bond acceptors (Lipinski definition) is 6. The van der Waals surface area contributed by atoms with Gasteiger partial charge in [0.25, 0.3) is 10.1 Å². The quantitative estimate of drug-likeness (QED) is 0.143. The van der Waals surface area contributed by atoms with E-state index in [4.69, 9.17) is 20.5 Å². The van der Waals surface area contributed by atoms with E-state index < -0.39 is 21.8 Å². The zero-order chi connectivity index (χ0) is 28.9. The lowest BCUT2D eigenvalue weighted by Gasteiger charge is -2.28. The fourth-order valence-corrected chi connectivity index (χ4v) is 5.55. The summed E-state index contributed by atoms with van der Waals surface area (Å²) in [5, 5.41) is 1.63. The van der Waals surface area contributed by atoms with Crippen LogP contribution in [0.1, 0.15) is 61.2 Å². The van der Waals surface area contributed by atoms with E-state index >= 15 is 0 Å². The van der Waals surface area contributed by atoms with E-state index in [2.05, 4.69) is 4.98 Å². The Hall–Kier alpha value is -3.52. The van der Waals surface area contributed by atoms with Crippen molar-refractivity contribution in [2.75, 3.05) is 6.26 Å². The summed E-state index contributed by atoms with van der Waals surface area (Å²) in [4.78, 5) is 16.3. The van der Waals surface area contributed by atoms with Gasteiger partial charge in [0, 0.05) is 17.3 Å². The molecule has 3 aromatic carbocycles. The first-order valence-electron chi connectivity index (χ1n) is 12.9. The van der Waals surface area contributed by atoms with Gasteiger partial charge in [-0.15, -0.1) is 0 Å². The SMILES string of the molecule is CC(=O)OC(C)(C)c1ccccc1CC[C@H](OS(C)(=O)=O)c1cccc(/C=C/c2ccc3ccc(Cl)cc3n2)c1. The zero-order valence-electron chi connectivity index (χ0n) is 22.9. The van der Waals surface area contributed by atoms with E-state index in [-0.39, 0.29) is 5.97 Å². The molecular formula is C32H32ClNO5S. The second-order valence-electron chi connectivity index (χ2n) is 10.2. The topological polar surface area (TPSA) is 82.6 Å². The van der Waals surface area contributed by atoms with Gasteiger partial charge in [-0.25, -0.2) is 4.98 Å². The molecule has 0 saturated carbocycles. The van der Waals surface area contributed by atoms with Gasteiger partial charge in [-0.2, -0.15) is 8.42 Å². The smallest absolute Gasteiger partial charge is 0.303 e. The molecule has 0 spiro atoms. The second-order valence-corrected chi connectivity index (χ2v) is 12.2. The number of carbonyl (C=O) groups excluding carboxylic acids is 1. The van der Waals surface area contributed by atoms with Gasteiger partial charge in [-0.3, -0.25) is 8.98 Å². The molecular weight excluding hydrogens is 546 g/mol. The third-order valence-electron chi connectivity index (χ3n) is 6.44. The Morgan fingerprint density at radius 2 is 1.75 bits per heavy atom.